The van der Waals surface area contributed by atoms with Crippen LogP contribution in [0.15, 0.2) is 18.2 Å². The van der Waals surface area contributed by atoms with E-state index in [1.807, 2.05) is 6.92 Å². The molecule has 0 bridgehead atoms. The van der Waals surface area contributed by atoms with Crippen LogP contribution in [0.2, 0.25) is 0 Å². The van der Waals surface area contributed by atoms with Gasteiger partial charge in [0.15, 0.2) is 0 Å². The van der Waals surface area contributed by atoms with Gasteiger partial charge in [-0.05, 0) is 42.9 Å². The summed E-state index contributed by atoms with van der Waals surface area (Å²) in [5, 5.41) is 5.48. The average molecular weight is 300 g/mol. The maximum Gasteiger partial charge on any atom is 0.416 e. The van der Waals surface area contributed by atoms with Crippen LogP contribution in [-0.2, 0) is 6.18 Å². The van der Waals surface area contributed by atoms with Crippen molar-refractivity contribution in [3.05, 3.63) is 29.3 Å². The molecule has 116 valence electrons. The minimum absolute atomic E-state index is 0.0234. The summed E-state index contributed by atoms with van der Waals surface area (Å²) in [6.07, 6.45) is -2.12. The number of nitrogens with one attached hydrogen (secondary N) is 2. The predicted molar refractivity (Wildman–Crippen MR) is 75.2 cm³/mol. The van der Waals surface area contributed by atoms with Crippen molar-refractivity contribution in [2.45, 2.75) is 25.9 Å². The predicted octanol–water partition coefficient (Wildman–Crippen LogP) is 3.52. The van der Waals surface area contributed by atoms with Crippen molar-refractivity contribution >= 4 is 11.6 Å². The number of alkyl halides is 3. The highest BCUT2D eigenvalue weighted by molar-refractivity contribution is 5.99. The van der Waals surface area contributed by atoms with Gasteiger partial charge in [0.25, 0.3) is 5.91 Å². The molecule has 0 heterocycles. The molecule has 0 radical (unpaired) electrons. The second-order valence-electron chi connectivity index (χ2n) is 5.53. The molecule has 0 saturated heterocycles. The molecule has 1 atom stereocenters. The number of carbonyl (C=O) groups is 1. The van der Waals surface area contributed by atoms with E-state index in [1.54, 1.807) is 7.05 Å². The monoisotopic (exact) mass is 300 g/mol. The molecule has 3 nitrogen and oxygen atoms in total. The SMILES string of the molecule is CNc1ccc(C(F)(F)F)cc1C(=O)NCC(C)C1CC1. The molecule has 2 rings (SSSR count). The highest BCUT2D eigenvalue weighted by atomic mass is 19.4. The Morgan fingerprint density at radius 3 is 2.57 bits per heavy atom. The van der Waals surface area contributed by atoms with E-state index in [-0.39, 0.29) is 5.56 Å². The first-order valence-corrected chi connectivity index (χ1v) is 7.00. The molecule has 6 heteroatoms. The van der Waals surface area contributed by atoms with E-state index >= 15 is 0 Å². The summed E-state index contributed by atoms with van der Waals surface area (Å²) >= 11 is 0. The summed E-state index contributed by atoms with van der Waals surface area (Å²) in [7, 11) is 1.58. The zero-order valence-corrected chi connectivity index (χ0v) is 12.1. The second-order valence-corrected chi connectivity index (χ2v) is 5.53. The van der Waals surface area contributed by atoms with Gasteiger partial charge in [0.1, 0.15) is 0 Å². The molecular weight excluding hydrogens is 281 g/mol. The maximum absolute atomic E-state index is 12.7. The molecule has 1 amide bonds. The van der Waals surface area contributed by atoms with Gasteiger partial charge in [-0.25, -0.2) is 0 Å². The number of carbonyl (C=O) groups excluding carboxylic acids is 1. The molecule has 21 heavy (non-hydrogen) atoms. The molecule has 1 fully saturated rings. The van der Waals surface area contributed by atoms with Gasteiger partial charge in [0, 0.05) is 19.3 Å². The van der Waals surface area contributed by atoms with Gasteiger partial charge in [0.05, 0.1) is 11.1 Å². The first kappa shape index (κ1) is 15.7. The first-order chi connectivity index (χ1) is 9.82. The number of hydrogen-bond donors (Lipinski definition) is 2. The number of hydrogen-bond acceptors (Lipinski definition) is 2. The molecule has 1 aromatic carbocycles. The zero-order valence-electron chi connectivity index (χ0n) is 12.1. The third-order valence-electron chi connectivity index (χ3n) is 3.87. The van der Waals surface area contributed by atoms with Gasteiger partial charge in [-0.1, -0.05) is 6.92 Å². The van der Waals surface area contributed by atoms with Gasteiger partial charge in [-0.15, -0.1) is 0 Å². The quantitative estimate of drug-likeness (QED) is 0.873. The molecule has 0 aliphatic heterocycles. The number of rotatable bonds is 5. The fourth-order valence-corrected chi connectivity index (χ4v) is 2.31. The van der Waals surface area contributed by atoms with Crippen LogP contribution in [0.5, 0.6) is 0 Å². The highest BCUT2D eigenvalue weighted by Crippen LogP contribution is 2.36. The molecule has 1 saturated carbocycles. The Labute approximate surface area is 121 Å². The van der Waals surface area contributed by atoms with E-state index < -0.39 is 17.6 Å². The normalized spacial score (nSPS) is 16.4. The summed E-state index contributed by atoms with van der Waals surface area (Å²) in [6.45, 7) is 2.53. The van der Waals surface area contributed by atoms with Gasteiger partial charge in [-0.3, -0.25) is 4.79 Å². The third-order valence-corrected chi connectivity index (χ3v) is 3.87. The van der Waals surface area contributed by atoms with E-state index in [2.05, 4.69) is 10.6 Å². The van der Waals surface area contributed by atoms with E-state index in [0.717, 1.165) is 12.1 Å². The Balaban J connectivity index is 2.13. The topological polar surface area (TPSA) is 41.1 Å². The van der Waals surface area contributed by atoms with Crippen LogP contribution in [0.1, 0.15) is 35.7 Å². The summed E-state index contributed by atoms with van der Waals surface area (Å²) in [6, 6.07) is 3.14. The lowest BCUT2D eigenvalue weighted by Gasteiger charge is -2.15. The fraction of sp³-hybridized carbons (Fsp3) is 0.533. The smallest absolute Gasteiger partial charge is 0.387 e. The van der Waals surface area contributed by atoms with Crippen LogP contribution in [0.25, 0.3) is 0 Å². The van der Waals surface area contributed by atoms with Gasteiger partial charge < -0.3 is 10.6 Å². The maximum atomic E-state index is 12.7. The Hall–Kier alpha value is -1.72. The van der Waals surface area contributed by atoms with Crippen molar-refractivity contribution in [1.29, 1.82) is 0 Å². The Morgan fingerprint density at radius 1 is 1.38 bits per heavy atom. The molecule has 0 aromatic heterocycles. The molecule has 1 unspecified atom stereocenters. The third kappa shape index (κ3) is 3.89. The van der Waals surface area contributed by atoms with Gasteiger partial charge >= 0.3 is 6.18 Å². The second kappa shape index (κ2) is 5.95. The average Bonchev–Trinajstić information content (AvgIpc) is 3.27. The molecule has 2 N–H and O–H groups in total. The minimum atomic E-state index is -4.46. The van der Waals surface area contributed by atoms with Crippen LogP contribution in [0.4, 0.5) is 18.9 Å². The molecule has 0 spiro atoms. The van der Waals surface area contributed by atoms with Crippen LogP contribution in [0.3, 0.4) is 0 Å². The Bertz CT molecular complexity index is 524. The van der Waals surface area contributed by atoms with E-state index in [4.69, 9.17) is 0 Å². The highest BCUT2D eigenvalue weighted by Gasteiger charge is 2.32. The van der Waals surface area contributed by atoms with Crippen LogP contribution < -0.4 is 10.6 Å². The lowest BCUT2D eigenvalue weighted by molar-refractivity contribution is -0.137. The molecule has 1 aromatic rings. The Morgan fingerprint density at radius 2 is 2.05 bits per heavy atom. The van der Waals surface area contributed by atoms with Crippen LogP contribution >= 0.6 is 0 Å². The largest absolute Gasteiger partial charge is 0.416 e. The summed E-state index contributed by atoms with van der Waals surface area (Å²) in [4.78, 5) is 12.1. The molecule has 1 aliphatic carbocycles. The summed E-state index contributed by atoms with van der Waals surface area (Å²) < 4.78 is 38.2. The first-order valence-electron chi connectivity index (χ1n) is 7.00. The van der Waals surface area contributed by atoms with Gasteiger partial charge in [-0.2, -0.15) is 13.2 Å². The van der Waals surface area contributed by atoms with E-state index in [9.17, 15) is 18.0 Å². The minimum Gasteiger partial charge on any atom is -0.387 e. The standard InChI is InChI=1S/C15H19F3N2O/c1-9(10-3-4-10)8-20-14(21)12-7-11(15(16,17)18)5-6-13(12)19-2/h5-7,9-10,19H,3-4,8H2,1-2H3,(H,20,21). The van der Waals surface area contributed by atoms with Crippen LogP contribution in [0, 0.1) is 11.8 Å². The molecule has 1 aliphatic rings. The van der Waals surface area contributed by atoms with Crippen molar-refractivity contribution in [2.24, 2.45) is 11.8 Å². The lowest BCUT2D eigenvalue weighted by atomic mass is 10.0. The Kier molecular flexibility index (Phi) is 4.44. The number of amides is 1. The lowest BCUT2D eigenvalue weighted by Crippen LogP contribution is -2.29. The van der Waals surface area contributed by atoms with Crippen molar-refractivity contribution < 1.29 is 18.0 Å². The van der Waals surface area contributed by atoms with Crippen molar-refractivity contribution in [3.8, 4) is 0 Å². The molecular formula is C15H19F3N2O. The number of anilines is 1. The number of halogens is 3. The van der Waals surface area contributed by atoms with Crippen molar-refractivity contribution in [1.82, 2.24) is 5.32 Å². The summed E-state index contributed by atoms with van der Waals surface area (Å²) in [5.41, 5.74) is -0.406. The van der Waals surface area contributed by atoms with Gasteiger partial charge in [0.2, 0.25) is 0 Å². The zero-order chi connectivity index (χ0) is 15.6. The van der Waals surface area contributed by atoms with E-state index in [0.29, 0.717) is 24.1 Å². The van der Waals surface area contributed by atoms with Crippen molar-refractivity contribution in [2.75, 3.05) is 18.9 Å². The summed E-state index contributed by atoms with van der Waals surface area (Å²) in [5.74, 6) is 0.520. The van der Waals surface area contributed by atoms with Crippen molar-refractivity contribution in [3.63, 3.8) is 0 Å². The number of benzene rings is 1. The van der Waals surface area contributed by atoms with Crippen LogP contribution in [-0.4, -0.2) is 19.5 Å². The fourth-order valence-electron chi connectivity index (χ4n) is 2.31. The van der Waals surface area contributed by atoms with E-state index in [1.165, 1.54) is 18.9 Å².